The Hall–Kier alpha value is -1.95. The quantitative estimate of drug-likeness (QED) is 0.711. The van der Waals surface area contributed by atoms with Gasteiger partial charge in [0.2, 0.25) is 11.8 Å². The molecule has 2 aliphatic rings. The molecule has 0 unspecified atom stereocenters. The molecule has 0 aromatic rings. The monoisotopic (exact) mass is 250 g/mol. The molecule has 1 aliphatic carbocycles. The van der Waals surface area contributed by atoms with Crippen LogP contribution in [0.2, 0.25) is 0 Å². The third-order valence-corrected chi connectivity index (χ3v) is 2.86. The molecule has 96 valence electrons. The first-order valence-electron chi connectivity index (χ1n) is 5.75. The largest absolute Gasteiger partial charge is 0.480 e. The summed E-state index contributed by atoms with van der Waals surface area (Å²) in [6.07, 6.45) is 6.74. The number of imide groups is 1. The minimum absolute atomic E-state index is 0.159. The second kappa shape index (κ2) is 5.14. The lowest BCUT2D eigenvalue weighted by Crippen LogP contribution is -2.49. The molecule has 2 amide bonds. The molecule has 0 radical (unpaired) electrons. The number of hydrogen-bond acceptors (Lipinski definition) is 4. The molecule has 18 heavy (non-hydrogen) atoms. The molecule has 0 atom stereocenters. The van der Waals surface area contributed by atoms with Crippen molar-refractivity contribution in [2.75, 3.05) is 13.1 Å². The van der Waals surface area contributed by atoms with Gasteiger partial charge in [-0.1, -0.05) is 23.8 Å². The van der Waals surface area contributed by atoms with Crippen molar-refractivity contribution in [3.63, 3.8) is 0 Å². The predicted molar refractivity (Wildman–Crippen MR) is 62.1 cm³/mol. The summed E-state index contributed by atoms with van der Waals surface area (Å²) in [5, 5.41) is 11.1. The van der Waals surface area contributed by atoms with Gasteiger partial charge in [0, 0.05) is 19.4 Å². The van der Waals surface area contributed by atoms with Crippen LogP contribution in [0.4, 0.5) is 0 Å². The Labute approximate surface area is 104 Å². The Morgan fingerprint density at radius 1 is 1.33 bits per heavy atom. The highest BCUT2D eigenvalue weighted by atomic mass is 16.4. The highest BCUT2D eigenvalue weighted by Crippen LogP contribution is 2.18. The van der Waals surface area contributed by atoms with Crippen LogP contribution in [0.25, 0.3) is 0 Å². The highest BCUT2D eigenvalue weighted by molar-refractivity contribution is 6.01. The zero-order valence-electron chi connectivity index (χ0n) is 9.83. The van der Waals surface area contributed by atoms with Crippen LogP contribution in [-0.4, -0.2) is 46.0 Å². The van der Waals surface area contributed by atoms with E-state index in [-0.39, 0.29) is 37.7 Å². The minimum Gasteiger partial charge on any atom is -0.480 e. The van der Waals surface area contributed by atoms with Gasteiger partial charge in [-0.3, -0.25) is 14.4 Å². The van der Waals surface area contributed by atoms with Crippen molar-refractivity contribution in [2.24, 2.45) is 0 Å². The lowest BCUT2D eigenvalue weighted by atomic mass is 10.2. The van der Waals surface area contributed by atoms with Gasteiger partial charge in [-0.25, -0.2) is 5.01 Å². The Bertz CT molecular complexity index is 437. The van der Waals surface area contributed by atoms with Gasteiger partial charge in [0.15, 0.2) is 0 Å². The number of aliphatic carboxylic acids is 1. The average molecular weight is 250 g/mol. The van der Waals surface area contributed by atoms with E-state index < -0.39 is 5.97 Å². The molecule has 0 aromatic heterocycles. The standard InChI is InChI=1S/C12H14N2O4/c15-10-5-6-11(16)14(10)13(8-12(17)18)7-9-3-1-2-4-9/h1-3H,4-8H2,(H,17,18). The van der Waals surface area contributed by atoms with Crippen molar-refractivity contribution in [2.45, 2.75) is 19.3 Å². The maximum Gasteiger partial charge on any atom is 0.319 e. The van der Waals surface area contributed by atoms with E-state index >= 15 is 0 Å². The Kier molecular flexibility index (Phi) is 3.57. The number of hydrogen-bond donors (Lipinski definition) is 1. The van der Waals surface area contributed by atoms with E-state index in [1.165, 1.54) is 5.01 Å². The molecular weight excluding hydrogens is 236 g/mol. The van der Waals surface area contributed by atoms with Crippen LogP contribution in [-0.2, 0) is 14.4 Å². The molecule has 0 aromatic carbocycles. The molecule has 1 aliphatic heterocycles. The zero-order chi connectivity index (χ0) is 13.1. The molecule has 1 saturated heterocycles. The van der Waals surface area contributed by atoms with E-state index in [2.05, 4.69) is 0 Å². The van der Waals surface area contributed by atoms with Crippen LogP contribution in [0.1, 0.15) is 19.3 Å². The fourth-order valence-electron chi connectivity index (χ4n) is 2.08. The maximum absolute atomic E-state index is 11.6. The van der Waals surface area contributed by atoms with Gasteiger partial charge in [-0.2, -0.15) is 5.01 Å². The van der Waals surface area contributed by atoms with Gasteiger partial charge < -0.3 is 5.11 Å². The van der Waals surface area contributed by atoms with Crippen LogP contribution in [0.5, 0.6) is 0 Å². The summed E-state index contributed by atoms with van der Waals surface area (Å²) in [5.41, 5.74) is 0.990. The van der Waals surface area contributed by atoms with Crippen LogP contribution in [0.15, 0.2) is 23.8 Å². The molecule has 6 nitrogen and oxygen atoms in total. The summed E-state index contributed by atoms with van der Waals surface area (Å²) in [5.74, 6) is -1.71. The first-order valence-corrected chi connectivity index (χ1v) is 5.75. The SMILES string of the molecule is O=C(O)CN(CC1=CC=CC1)N1C(=O)CCC1=O. The molecule has 6 heteroatoms. The average Bonchev–Trinajstić information content (AvgIpc) is 2.88. The van der Waals surface area contributed by atoms with E-state index in [1.54, 1.807) is 0 Å². The van der Waals surface area contributed by atoms with Gasteiger partial charge in [-0.05, 0) is 6.42 Å². The lowest BCUT2D eigenvalue weighted by molar-refractivity contribution is -0.160. The number of rotatable bonds is 5. The maximum atomic E-state index is 11.6. The first-order chi connectivity index (χ1) is 8.58. The van der Waals surface area contributed by atoms with E-state index in [9.17, 15) is 14.4 Å². The Morgan fingerprint density at radius 3 is 2.50 bits per heavy atom. The van der Waals surface area contributed by atoms with E-state index in [0.717, 1.165) is 17.0 Å². The molecule has 1 heterocycles. The van der Waals surface area contributed by atoms with E-state index in [4.69, 9.17) is 5.11 Å². The molecule has 1 fully saturated rings. The topological polar surface area (TPSA) is 77.9 Å². The highest BCUT2D eigenvalue weighted by Gasteiger charge is 2.35. The van der Waals surface area contributed by atoms with Crippen LogP contribution < -0.4 is 0 Å². The molecule has 0 spiro atoms. The number of nitrogens with zero attached hydrogens (tertiary/aromatic N) is 2. The Balaban J connectivity index is 2.11. The fraction of sp³-hybridized carbons (Fsp3) is 0.417. The Morgan fingerprint density at radius 2 is 2.00 bits per heavy atom. The van der Waals surface area contributed by atoms with Gasteiger partial charge in [-0.15, -0.1) is 0 Å². The van der Waals surface area contributed by atoms with Crippen molar-refractivity contribution in [1.29, 1.82) is 0 Å². The van der Waals surface area contributed by atoms with E-state index in [1.807, 2.05) is 18.2 Å². The van der Waals surface area contributed by atoms with Crippen molar-refractivity contribution < 1.29 is 19.5 Å². The summed E-state index contributed by atoms with van der Waals surface area (Å²) in [7, 11) is 0. The summed E-state index contributed by atoms with van der Waals surface area (Å²) in [6.45, 7) is -0.0639. The normalized spacial score (nSPS) is 18.9. The summed E-state index contributed by atoms with van der Waals surface area (Å²) >= 11 is 0. The third-order valence-electron chi connectivity index (χ3n) is 2.86. The minimum atomic E-state index is -1.06. The second-order valence-electron chi connectivity index (χ2n) is 4.27. The number of allylic oxidation sites excluding steroid dienone is 3. The van der Waals surface area contributed by atoms with Gasteiger partial charge in [0.05, 0.1) is 0 Å². The number of hydrazine groups is 1. The van der Waals surface area contributed by atoms with Gasteiger partial charge in [0.25, 0.3) is 0 Å². The number of carbonyl (C=O) groups is 3. The molecule has 2 rings (SSSR count). The fourth-order valence-corrected chi connectivity index (χ4v) is 2.08. The number of carbonyl (C=O) groups excluding carboxylic acids is 2. The van der Waals surface area contributed by atoms with Crippen molar-refractivity contribution >= 4 is 17.8 Å². The lowest BCUT2D eigenvalue weighted by Gasteiger charge is -2.28. The van der Waals surface area contributed by atoms with E-state index in [0.29, 0.717) is 0 Å². The number of carboxylic acids is 1. The number of carboxylic acid groups (broad SMARTS) is 1. The molecule has 0 bridgehead atoms. The number of amides is 2. The van der Waals surface area contributed by atoms with Crippen molar-refractivity contribution in [3.05, 3.63) is 23.8 Å². The molecular formula is C12H14N2O4. The summed E-state index contributed by atoms with van der Waals surface area (Å²) in [6, 6.07) is 0. The predicted octanol–water partition coefficient (Wildman–Crippen LogP) is 0.323. The summed E-state index contributed by atoms with van der Waals surface area (Å²) < 4.78 is 0. The zero-order valence-corrected chi connectivity index (χ0v) is 9.83. The molecule has 0 saturated carbocycles. The van der Waals surface area contributed by atoms with Gasteiger partial charge in [0.1, 0.15) is 6.54 Å². The molecule has 1 N–H and O–H groups in total. The van der Waals surface area contributed by atoms with Crippen LogP contribution >= 0.6 is 0 Å². The van der Waals surface area contributed by atoms with Gasteiger partial charge >= 0.3 is 5.97 Å². The van der Waals surface area contributed by atoms with Crippen molar-refractivity contribution in [1.82, 2.24) is 10.0 Å². The van der Waals surface area contributed by atoms with Crippen molar-refractivity contribution in [3.8, 4) is 0 Å². The van der Waals surface area contributed by atoms with Crippen LogP contribution in [0.3, 0.4) is 0 Å². The third kappa shape index (κ3) is 2.65. The second-order valence-corrected chi connectivity index (χ2v) is 4.27. The first kappa shape index (κ1) is 12.5. The summed E-state index contributed by atoms with van der Waals surface area (Å²) in [4.78, 5) is 34.1. The van der Waals surface area contributed by atoms with Crippen LogP contribution in [0, 0.1) is 0 Å². The smallest absolute Gasteiger partial charge is 0.319 e.